The topological polar surface area (TPSA) is 218 Å². The maximum absolute atomic E-state index is 14.4. The molecule has 12 nitrogen and oxygen atoms in total. The van der Waals surface area contributed by atoms with Crippen LogP contribution in [-0.2, 0) is 14.3 Å². The molecule has 48 heavy (non-hydrogen) atoms. The van der Waals surface area contributed by atoms with Gasteiger partial charge < -0.3 is 55.4 Å². The van der Waals surface area contributed by atoms with Gasteiger partial charge in [-0.2, -0.15) is 0 Å². The smallest absolute Gasteiger partial charge is 0.315 e. The fourth-order valence-corrected chi connectivity index (χ4v) is 12.2. The number of hydrogen-bond acceptors (Lipinski definition) is 12. The second-order valence-corrected chi connectivity index (χ2v) is 17.7. The molecule has 12 heteroatoms. The Morgan fingerprint density at radius 3 is 2.10 bits per heavy atom. The minimum absolute atomic E-state index is 0.0134. The van der Waals surface area contributed by atoms with Crippen LogP contribution in [0.1, 0.15) is 86.0 Å². The SMILES string of the molecule is CC1(C)CC[C@]2(C(=O)O[C@H]3O[C@@H](CO)[C@@H](O)[C@@H](O)[C@H]3O)CC[C@]3(C)C(=CC[C@@H]4[C@@]5(C)C[C@@H](O)[C@H](O)C(CO)(CO)[C@@H]5CC[C@]43C)[C@@H]2[C@@H]1O. The van der Waals surface area contributed by atoms with Gasteiger partial charge in [-0.05, 0) is 84.9 Å². The summed E-state index contributed by atoms with van der Waals surface area (Å²) in [5, 5.41) is 96.6. The molecule has 0 spiro atoms. The highest BCUT2D eigenvalue weighted by Gasteiger charge is 2.72. The van der Waals surface area contributed by atoms with Crippen molar-refractivity contribution in [2.75, 3.05) is 19.8 Å². The van der Waals surface area contributed by atoms with Gasteiger partial charge in [-0.25, -0.2) is 0 Å². The van der Waals surface area contributed by atoms with Crippen LogP contribution in [0.4, 0.5) is 0 Å². The highest BCUT2D eigenvalue weighted by Crippen LogP contribution is 2.76. The fraction of sp³-hybridized carbons (Fsp3) is 0.917. The van der Waals surface area contributed by atoms with Crippen LogP contribution in [-0.4, -0.2) is 121 Å². The van der Waals surface area contributed by atoms with Crippen LogP contribution < -0.4 is 0 Å². The van der Waals surface area contributed by atoms with Gasteiger partial charge in [0.15, 0.2) is 0 Å². The van der Waals surface area contributed by atoms with Crippen molar-refractivity contribution in [1.82, 2.24) is 0 Å². The molecule has 5 fully saturated rings. The molecule has 1 saturated heterocycles. The molecule has 0 radical (unpaired) electrons. The lowest BCUT2D eigenvalue weighted by Crippen LogP contribution is -2.70. The zero-order valence-electron chi connectivity index (χ0n) is 29.0. The quantitative estimate of drug-likeness (QED) is 0.142. The molecule has 1 heterocycles. The van der Waals surface area contributed by atoms with E-state index in [-0.39, 0.29) is 17.3 Å². The molecule has 15 atom stereocenters. The minimum atomic E-state index is -1.74. The maximum atomic E-state index is 14.4. The lowest BCUT2D eigenvalue weighted by atomic mass is 9.33. The van der Waals surface area contributed by atoms with Crippen molar-refractivity contribution in [2.24, 2.45) is 50.2 Å². The van der Waals surface area contributed by atoms with Crippen LogP contribution in [0.5, 0.6) is 0 Å². The van der Waals surface area contributed by atoms with Gasteiger partial charge >= 0.3 is 5.97 Å². The van der Waals surface area contributed by atoms with E-state index < -0.39 is 108 Å². The number of fused-ring (bicyclic) bond motifs is 7. The first-order valence-electron chi connectivity index (χ1n) is 17.8. The lowest BCUT2D eigenvalue weighted by molar-refractivity contribution is -0.298. The van der Waals surface area contributed by atoms with Gasteiger partial charge in [-0.15, -0.1) is 0 Å². The van der Waals surface area contributed by atoms with E-state index in [4.69, 9.17) is 9.47 Å². The van der Waals surface area contributed by atoms with E-state index in [9.17, 15) is 50.8 Å². The second kappa shape index (κ2) is 11.9. The average molecular weight is 683 g/mol. The Morgan fingerprint density at radius 1 is 0.833 bits per heavy atom. The third-order valence-electron chi connectivity index (χ3n) is 15.5. The highest BCUT2D eigenvalue weighted by atomic mass is 16.7. The van der Waals surface area contributed by atoms with Crippen molar-refractivity contribution in [3.8, 4) is 0 Å². The summed E-state index contributed by atoms with van der Waals surface area (Å²) in [6.45, 7) is 9.07. The number of carbonyl (C=O) groups is 1. The van der Waals surface area contributed by atoms with E-state index in [1.54, 1.807) is 0 Å². The van der Waals surface area contributed by atoms with Crippen LogP contribution in [0.15, 0.2) is 11.6 Å². The van der Waals surface area contributed by atoms with Gasteiger partial charge in [-0.3, -0.25) is 4.79 Å². The number of aliphatic hydroxyl groups excluding tert-OH is 9. The van der Waals surface area contributed by atoms with Crippen LogP contribution in [0, 0.1) is 50.2 Å². The predicted molar refractivity (Wildman–Crippen MR) is 171 cm³/mol. The van der Waals surface area contributed by atoms with Gasteiger partial charge in [0, 0.05) is 11.3 Å². The predicted octanol–water partition coefficient (Wildman–Crippen LogP) is 0.379. The van der Waals surface area contributed by atoms with Gasteiger partial charge in [0.25, 0.3) is 0 Å². The van der Waals surface area contributed by atoms with E-state index in [1.165, 1.54) is 0 Å². The third-order valence-corrected chi connectivity index (χ3v) is 15.5. The minimum Gasteiger partial charge on any atom is -0.432 e. The van der Waals surface area contributed by atoms with Crippen LogP contribution in [0.2, 0.25) is 0 Å². The summed E-state index contributed by atoms with van der Waals surface area (Å²) < 4.78 is 11.4. The Labute approximate surface area is 282 Å². The Balaban J connectivity index is 1.39. The molecule has 0 aromatic rings. The van der Waals surface area contributed by atoms with Crippen LogP contribution in [0.25, 0.3) is 0 Å². The number of ether oxygens (including phenoxy) is 2. The summed E-state index contributed by atoms with van der Waals surface area (Å²) >= 11 is 0. The van der Waals surface area contributed by atoms with Crippen molar-refractivity contribution < 1.29 is 60.2 Å². The van der Waals surface area contributed by atoms with Gasteiger partial charge in [0.05, 0.1) is 43.5 Å². The molecule has 274 valence electrons. The third kappa shape index (κ3) is 4.66. The normalized spacial score (nSPS) is 52.5. The standard InChI is InChI=1S/C36H58O12/c1-31(2)10-12-35(30(46)48-29-26(43)25(42)24(41)20(15-37)47-29)13-11-33(4)18(23(35)28(31)45)6-7-21-32(3)14-19(40)27(44)36(16-38,17-39)22(32)8-9-34(21,33)5/h6,19-29,37-45H,7-17H2,1-5H3/t19-,20+,21-,22-,23-,24-,25-,26-,27+,28+,29-,32-,33-,34-,35+/m1/s1. The first kappa shape index (κ1) is 36.6. The Kier molecular flexibility index (Phi) is 9.10. The molecule has 1 aliphatic heterocycles. The molecular formula is C36H58O12. The van der Waals surface area contributed by atoms with Crippen molar-refractivity contribution in [3.05, 3.63) is 11.6 Å². The van der Waals surface area contributed by atoms with Crippen molar-refractivity contribution in [3.63, 3.8) is 0 Å². The number of esters is 1. The molecule has 6 aliphatic rings. The summed E-state index contributed by atoms with van der Waals surface area (Å²) in [7, 11) is 0. The lowest BCUT2D eigenvalue weighted by Gasteiger charge is -2.72. The molecule has 0 aromatic heterocycles. The number of allylic oxidation sites excluding steroid dienone is 1. The second-order valence-electron chi connectivity index (χ2n) is 17.7. The monoisotopic (exact) mass is 682 g/mol. The van der Waals surface area contributed by atoms with Gasteiger partial charge in [0.2, 0.25) is 6.29 Å². The van der Waals surface area contributed by atoms with Crippen molar-refractivity contribution in [1.29, 1.82) is 0 Å². The summed E-state index contributed by atoms with van der Waals surface area (Å²) in [6, 6.07) is 0. The molecule has 0 aromatic carbocycles. The Bertz CT molecular complexity index is 1280. The van der Waals surface area contributed by atoms with Crippen LogP contribution >= 0.6 is 0 Å². The molecular weight excluding hydrogens is 624 g/mol. The van der Waals surface area contributed by atoms with E-state index >= 15 is 0 Å². The van der Waals surface area contributed by atoms with Crippen LogP contribution in [0.3, 0.4) is 0 Å². The molecule has 6 rings (SSSR count). The largest absolute Gasteiger partial charge is 0.432 e. The zero-order chi connectivity index (χ0) is 35.4. The summed E-state index contributed by atoms with van der Waals surface area (Å²) in [5.74, 6) is -1.49. The maximum Gasteiger partial charge on any atom is 0.315 e. The fourth-order valence-electron chi connectivity index (χ4n) is 12.2. The first-order valence-corrected chi connectivity index (χ1v) is 17.8. The molecule has 9 N–H and O–H groups in total. The van der Waals surface area contributed by atoms with E-state index in [2.05, 4.69) is 26.8 Å². The molecule has 0 unspecified atom stereocenters. The Hall–Kier alpha value is -1.19. The molecule has 5 aliphatic carbocycles. The summed E-state index contributed by atoms with van der Waals surface area (Å²) in [5.41, 5.74) is -3.27. The number of carbonyl (C=O) groups excluding carboxylic acids is 1. The van der Waals surface area contributed by atoms with E-state index in [1.807, 2.05) is 13.8 Å². The molecule has 4 saturated carbocycles. The van der Waals surface area contributed by atoms with Crippen molar-refractivity contribution >= 4 is 5.97 Å². The summed E-state index contributed by atoms with van der Waals surface area (Å²) in [6.07, 6.45) is -4.76. The number of aliphatic hydroxyl groups is 9. The molecule has 0 bridgehead atoms. The zero-order valence-corrected chi connectivity index (χ0v) is 29.0. The van der Waals surface area contributed by atoms with Gasteiger partial charge in [-0.1, -0.05) is 46.3 Å². The Morgan fingerprint density at radius 2 is 1.48 bits per heavy atom. The van der Waals surface area contributed by atoms with Gasteiger partial charge in [0.1, 0.15) is 24.4 Å². The number of rotatable bonds is 5. The first-order chi connectivity index (χ1) is 22.3. The van der Waals surface area contributed by atoms with E-state index in [0.29, 0.717) is 44.9 Å². The van der Waals surface area contributed by atoms with Crippen molar-refractivity contribution in [2.45, 2.75) is 135 Å². The molecule has 0 amide bonds. The van der Waals surface area contributed by atoms with E-state index in [0.717, 1.165) is 12.0 Å². The average Bonchev–Trinajstić information content (AvgIpc) is 3.04. The summed E-state index contributed by atoms with van der Waals surface area (Å²) in [4.78, 5) is 14.4. The number of hydrogen-bond donors (Lipinski definition) is 9. The highest BCUT2D eigenvalue weighted by molar-refractivity contribution is 5.79.